The molecule has 0 aliphatic rings. The second-order valence-corrected chi connectivity index (χ2v) is 6.12. The van der Waals surface area contributed by atoms with Crippen LogP contribution >= 0.6 is 0 Å². The molecule has 0 fully saturated rings. The molecule has 1 amide bonds. The van der Waals surface area contributed by atoms with Gasteiger partial charge in [0.15, 0.2) is 11.5 Å². The number of carbonyl (C=O) groups is 1. The van der Waals surface area contributed by atoms with Crippen LogP contribution in [0.5, 0.6) is 17.2 Å². The lowest BCUT2D eigenvalue weighted by atomic mass is 10.0. The SMILES string of the molecule is CCOc1cc(C(=O)NCC(C)c2ccccc2)cc(OCC)c1OCC. The summed E-state index contributed by atoms with van der Waals surface area (Å²) in [7, 11) is 0. The van der Waals surface area contributed by atoms with Crippen molar-refractivity contribution in [2.45, 2.75) is 33.6 Å². The van der Waals surface area contributed by atoms with Gasteiger partial charge in [0.2, 0.25) is 5.75 Å². The van der Waals surface area contributed by atoms with Gasteiger partial charge in [-0.2, -0.15) is 0 Å². The molecular weight excluding hydrogens is 342 g/mol. The van der Waals surface area contributed by atoms with E-state index in [1.807, 2.05) is 39.0 Å². The largest absolute Gasteiger partial charge is 0.490 e. The predicted octanol–water partition coefficient (Wildman–Crippen LogP) is 4.42. The number of ether oxygens (including phenoxy) is 3. The molecule has 0 heterocycles. The maximum absolute atomic E-state index is 12.7. The number of hydrogen-bond acceptors (Lipinski definition) is 4. The Bertz CT molecular complexity index is 703. The van der Waals surface area contributed by atoms with E-state index in [0.29, 0.717) is 49.2 Å². The van der Waals surface area contributed by atoms with Gasteiger partial charge in [-0.1, -0.05) is 37.3 Å². The van der Waals surface area contributed by atoms with E-state index in [1.165, 1.54) is 5.56 Å². The van der Waals surface area contributed by atoms with Crippen LogP contribution in [0.1, 0.15) is 49.5 Å². The lowest BCUT2D eigenvalue weighted by Crippen LogP contribution is -2.27. The lowest BCUT2D eigenvalue weighted by Gasteiger charge is -2.18. The summed E-state index contributed by atoms with van der Waals surface area (Å²) in [6.07, 6.45) is 0. The highest BCUT2D eigenvalue weighted by Gasteiger charge is 2.18. The zero-order valence-corrected chi connectivity index (χ0v) is 16.6. The summed E-state index contributed by atoms with van der Waals surface area (Å²) in [5.41, 5.74) is 1.68. The average Bonchev–Trinajstić information content (AvgIpc) is 2.69. The summed E-state index contributed by atoms with van der Waals surface area (Å²) in [6.45, 7) is 9.75. The smallest absolute Gasteiger partial charge is 0.251 e. The summed E-state index contributed by atoms with van der Waals surface area (Å²) >= 11 is 0. The topological polar surface area (TPSA) is 56.8 Å². The van der Waals surface area contributed by atoms with Crippen LogP contribution in [-0.4, -0.2) is 32.3 Å². The van der Waals surface area contributed by atoms with Crippen molar-refractivity contribution >= 4 is 5.91 Å². The first-order valence-electron chi connectivity index (χ1n) is 9.50. The van der Waals surface area contributed by atoms with E-state index in [1.54, 1.807) is 12.1 Å². The zero-order chi connectivity index (χ0) is 19.6. The summed E-state index contributed by atoms with van der Waals surface area (Å²) in [5.74, 6) is 1.63. The molecule has 0 radical (unpaired) electrons. The number of hydrogen-bond donors (Lipinski definition) is 1. The molecule has 0 aliphatic heterocycles. The summed E-state index contributed by atoms with van der Waals surface area (Å²) in [4.78, 5) is 12.7. The van der Waals surface area contributed by atoms with Crippen molar-refractivity contribution in [1.29, 1.82) is 0 Å². The van der Waals surface area contributed by atoms with Gasteiger partial charge >= 0.3 is 0 Å². The van der Waals surface area contributed by atoms with Gasteiger partial charge in [-0.15, -0.1) is 0 Å². The molecule has 0 spiro atoms. The average molecular weight is 371 g/mol. The standard InChI is InChI=1S/C22H29NO4/c1-5-25-19-13-18(14-20(26-6-2)21(19)27-7-3)22(24)23-15-16(4)17-11-9-8-10-12-17/h8-14,16H,5-7,15H2,1-4H3,(H,23,24). The first-order valence-corrected chi connectivity index (χ1v) is 9.50. The molecule has 2 aromatic rings. The number of rotatable bonds is 10. The van der Waals surface area contributed by atoms with Gasteiger partial charge in [-0.05, 0) is 44.4 Å². The van der Waals surface area contributed by atoms with E-state index in [-0.39, 0.29) is 11.8 Å². The van der Waals surface area contributed by atoms with Gasteiger partial charge in [-0.25, -0.2) is 0 Å². The molecule has 146 valence electrons. The Morgan fingerprint density at radius 2 is 1.48 bits per heavy atom. The Morgan fingerprint density at radius 1 is 0.926 bits per heavy atom. The van der Waals surface area contributed by atoms with E-state index >= 15 is 0 Å². The van der Waals surface area contributed by atoms with Gasteiger partial charge < -0.3 is 19.5 Å². The highest BCUT2D eigenvalue weighted by atomic mass is 16.5. The van der Waals surface area contributed by atoms with Gasteiger partial charge in [-0.3, -0.25) is 4.79 Å². The van der Waals surface area contributed by atoms with Crippen LogP contribution in [-0.2, 0) is 0 Å². The van der Waals surface area contributed by atoms with Crippen molar-refractivity contribution in [2.75, 3.05) is 26.4 Å². The van der Waals surface area contributed by atoms with E-state index in [9.17, 15) is 4.79 Å². The van der Waals surface area contributed by atoms with Crippen molar-refractivity contribution in [3.63, 3.8) is 0 Å². The van der Waals surface area contributed by atoms with Crippen LogP contribution in [0.2, 0.25) is 0 Å². The third-order valence-electron chi connectivity index (χ3n) is 4.11. The molecule has 27 heavy (non-hydrogen) atoms. The summed E-state index contributed by atoms with van der Waals surface area (Å²) in [6, 6.07) is 13.5. The Balaban J connectivity index is 2.18. The molecule has 0 saturated carbocycles. The molecule has 0 aromatic heterocycles. The van der Waals surface area contributed by atoms with E-state index in [0.717, 1.165) is 0 Å². The fourth-order valence-corrected chi connectivity index (χ4v) is 2.77. The molecule has 2 aromatic carbocycles. The molecule has 0 saturated heterocycles. The first-order chi connectivity index (χ1) is 13.1. The van der Waals surface area contributed by atoms with Crippen molar-refractivity contribution in [3.8, 4) is 17.2 Å². The van der Waals surface area contributed by atoms with Crippen LogP contribution < -0.4 is 19.5 Å². The monoisotopic (exact) mass is 371 g/mol. The van der Waals surface area contributed by atoms with Crippen LogP contribution in [0.4, 0.5) is 0 Å². The third-order valence-corrected chi connectivity index (χ3v) is 4.11. The van der Waals surface area contributed by atoms with E-state index in [4.69, 9.17) is 14.2 Å². The first kappa shape index (κ1) is 20.6. The molecular formula is C22H29NO4. The van der Waals surface area contributed by atoms with Crippen LogP contribution in [0.25, 0.3) is 0 Å². The second-order valence-electron chi connectivity index (χ2n) is 6.12. The number of nitrogens with one attached hydrogen (secondary N) is 1. The van der Waals surface area contributed by atoms with Crippen molar-refractivity contribution in [2.24, 2.45) is 0 Å². The Morgan fingerprint density at radius 3 is 2.00 bits per heavy atom. The minimum absolute atomic E-state index is 0.164. The van der Waals surface area contributed by atoms with Crippen LogP contribution in [0, 0.1) is 0 Å². The molecule has 0 aliphatic carbocycles. The fourth-order valence-electron chi connectivity index (χ4n) is 2.77. The Labute approximate surface area is 161 Å². The van der Waals surface area contributed by atoms with Gasteiger partial charge in [0.05, 0.1) is 19.8 Å². The van der Waals surface area contributed by atoms with Crippen molar-refractivity contribution in [3.05, 3.63) is 53.6 Å². The van der Waals surface area contributed by atoms with E-state index < -0.39 is 0 Å². The van der Waals surface area contributed by atoms with Crippen molar-refractivity contribution < 1.29 is 19.0 Å². The minimum atomic E-state index is -0.164. The summed E-state index contributed by atoms with van der Waals surface area (Å²) in [5, 5.41) is 3.00. The van der Waals surface area contributed by atoms with Gasteiger partial charge in [0.25, 0.3) is 5.91 Å². The fraction of sp³-hybridized carbons (Fsp3) is 0.409. The quantitative estimate of drug-likeness (QED) is 0.672. The van der Waals surface area contributed by atoms with Crippen LogP contribution in [0.3, 0.4) is 0 Å². The molecule has 5 nitrogen and oxygen atoms in total. The number of amides is 1. The lowest BCUT2D eigenvalue weighted by molar-refractivity contribution is 0.0950. The van der Waals surface area contributed by atoms with Gasteiger partial charge in [0.1, 0.15) is 0 Å². The molecule has 1 atom stereocenters. The van der Waals surface area contributed by atoms with Crippen molar-refractivity contribution in [1.82, 2.24) is 5.32 Å². The molecule has 5 heteroatoms. The highest BCUT2D eigenvalue weighted by molar-refractivity contribution is 5.95. The maximum atomic E-state index is 12.7. The maximum Gasteiger partial charge on any atom is 0.251 e. The molecule has 0 bridgehead atoms. The van der Waals surface area contributed by atoms with Gasteiger partial charge in [0, 0.05) is 12.1 Å². The molecule has 1 N–H and O–H groups in total. The zero-order valence-electron chi connectivity index (χ0n) is 16.6. The Kier molecular flexibility index (Phi) is 7.99. The minimum Gasteiger partial charge on any atom is -0.490 e. The normalized spacial score (nSPS) is 11.6. The highest BCUT2D eigenvalue weighted by Crippen LogP contribution is 2.39. The predicted molar refractivity (Wildman–Crippen MR) is 107 cm³/mol. The summed E-state index contributed by atoms with van der Waals surface area (Å²) < 4.78 is 17.0. The second kappa shape index (κ2) is 10.5. The Hall–Kier alpha value is -2.69. The van der Waals surface area contributed by atoms with E-state index in [2.05, 4.69) is 24.4 Å². The molecule has 2 rings (SSSR count). The number of benzene rings is 2. The molecule has 1 unspecified atom stereocenters. The van der Waals surface area contributed by atoms with Crippen LogP contribution in [0.15, 0.2) is 42.5 Å². The third kappa shape index (κ3) is 5.64. The number of carbonyl (C=O) groups excluding carboxylic acids is 1.